The lowest BCUT2D eigenvalue weighted by Gasteiger charge is -2.18. The summed E-state index contributed by atoms with van der Waals surface area (Å²) in [6.45, 7) is 5.10. The highest BCUT2D eigenvalue weighted by molar-refractivity contribution is 5.87. The van der Waals surface area contributed by atoms with Gasteiger partial charge in [-0.15, -0.1) is 0 Å². The molecular weight excluding hydrogens is 334 g/mol. The molecule has 26 heavy (non-hydrogen) atoms. The summed E-state index contributed by atoms with van der Waals surface area (Å²) in [7, 11) is 0. The molecule has 2 N–H and O–H groups in total. The molecule has 1 unspecified atom stereocenters. The highest BCUT2D eigenvalue weighted by Crippen LogP contribution is 2.15. The van der Waals surface area contributed by atoms with Gasteiger partial charge in [0.2, 0.25) is 5.91 Å². The molecule has 0 radical (unpaired) electrons. The van der Waals surface area contributed by atoms with Gasteiger partial charge in [0.15, 0.2) is 0 Å². The molecule has 1 amide bonds. The number of carbonyl (C=O) groups is 2. The molecule has 2 rings (SSSR count). The molecule has 0 saturated heterocycles. The number of nitrogens with one attached hydrogen (secondary N) is 1. The monoisotopic (exact) mass is 359 g/mol. The Morgan fingerprint density at radius 1 is 1.15 bits per heavy atom. The standard InChI is InChI=1S/C20H25NO5/c1-14(2)12-25-13-17(18-4-3-11-26-18)21-19(22)10-7-15-5-8-16(9-6-15)20(23)24/h3-6,8-9,11,14,17H,7,10,12-13H2,1-2H3,(H,21,22)(H,23,24). The molecule has 140 valence electrons. The van der Waals surface area contributed by atoms with E-state index in [9.17, 15) is 9.59 Å². The van der Waals surface area contributed by atoms with Crippen LogP contribution in [0.4, 0.5) is 0 Å². The number of furan rings is 1. The van der Waals surface area contributed by atoms with Crippen molar-refractivity contribution in [2.24, 2.45) is 5.92 Å². The van der Waals surface area contributed by atoms with E-state index in [4.69, 9.17) is 14.3 Å². The first-order chi connectivity index (χ1) is 12.5. The van der Waals surface area contributed by atoms with Crippen LogP contribution in [0.5, 0.6) is 0 Å². The van der Waals surface area contributed by atoms with Crippen molar-refractivity contribution in [3.05, 3.63) is 59.5 Å². The largest absolute Gasteiger partial charge is 0.478 e. The summed E-state index contributed by atoms with van der Waals surface area (Å²) in [6, 6.07) is 9.81. The zero-order valence-electron chi connectivity index (χ0n) is 15.1. The van der Waals surface area contributed by atoms with Gasteiger partial charge in [-0.05, 0) is 42.2 Å². The fraction of sp³-hybridized carbons (Fsp3) is 0.400. The Labute approximate surface area is 153 Å². The number of aryl methyl sites for hydroxylation is 1. The van der Waals surface area contributed by atoms with Crippen molar-refractivity contribution < 1.29 is 23.8 Å². The summed E-state index contributed by atoms with van der Waals surface area (Å²) in [6.07, 6.45) is 2.40. The molecule has 0 aliphatic carbocycles. The van der Waals surface area contributed by atoms with Crippen molar-refractivity contribution in [1.82, 2.24) is 5.32 Å². The highest BCUT2D eigenvalue weighted by Gasteiger charge is 2.17. The van der Waals surface area contributed by atoms with Crippen LogP contribution in [0.3, 0.4) is 0 Å². The second-order valence-electron chi connectivity index (χ2n) is 6.57. The lowest BCUT2D eigenvalue weighted by Crippen LogP contribution is -2.31. The Balaban J connectivity index is 1.86. The van der Waals surface area contributed by atoms with Crippen molar-refractivity contribution in [3.8, 4) is 0 Å². The quantitative estimate of drug-likeness (QED) is 0.678. The first kappa shape index (κ1) is 19.7. The molecule has 6 nitrogen and oxygen atoms in total. The third-order valence-electron chi connectivity index (χ3n) is 3.80. The molecule has 6 heteroatoms. The number of hydrogen-bond acceptors (Lipinski definition) is 4. The smallest absolute Gasteiger partial charge is 0.335 e. The van der Waals surface area contributed by atoms with Gasteiger partial charge in [0.05, 0.1) is 18.4 Å². The van der Waals surface area contributed by atoms with Gasteiger partial charge in [0, 0.05) is 13.0 Å². The molecule has 0 fully saturated rings. The average molecular weight is 359 g/mol. The van der Waals surface area contributed by atoms with Crippen molar-refractivity contribution >= 4 is 11.9 Å². The normalized spacial score (nSPS) is 12.1. The molecule has 1 aromatic heterocycles. The van der Waals surface area contributed by atoms with Crippen LogP contribution >= 0.6 is 0 Å². The first-order valence-corrected chi connectivity index (χ1v) is 8.68. The number of hydrogen-bond donors (Lipinski definition) is 2. The molecule has 0 aliphatic rings. The van der Waals surface area contributed by atoms with Crippen molar-refractivity contribution in [1.29, 1.82) is 0 Å². The van der Waals surface area contributed by atoms with Crippen molar-refractivity contribution in [2.75, 3.05) is 13.2 Å². The maximum atomic E-state index is 12.3. The molecular formula is C20H25NO5. The van der Waals surface area contributed by atoms with Crippen LogP contribution in [0.1, 0.15) is 48.0 Å². The number of benzene rings is 1. The Bertz CT molecular complexity index is 692. The van der Waals surface area contributed by atoms with Crippen molar-refractivity contribution in [3.63, 3.8) is 0 Å². The number of aromatic carboxylic acids is 1. The van der Waals surface area contributed by atoms with Crippen LogP contribution in [0.25, 0.3) is 0 Å². The summed E-state index contributed by atoms with van der Waals surface area (Å²) in [4.78, 5) is 23.1. The summed E-state index contributed by atoms with van der Waals surface area (Å²) < 4.78 is 11.1. The number of rotatable bonds is 10. The van der Waals surface area contributed by atoms with Gasteiger partial charge < -0.3 is 19.6 Å². The van der Waals surface area contributed by atoms with Gasteiger partial charge in [-0.2, -0.15) is 0 Å². The third kappa shape index (κ3) is 6.37. The third-order valence-corrected chi connectivity index (χ3v) is 3.80. The summed E-state index contributed by atoms with van der Waals surface area (Å²) in [5.41, 5.74) is 1.15. The molecule has 0 bridgehead atoms. The second-order valence-corrected chi connectivity index (χ2v) is 6.57. The molecule has 2 aromatic rings. The molecule has 1 heterocycles. The van der Waals surface area contributed by atoms with E-state index in [1.54, 1.807) is 36.6 Å². The first-order valence-electron chi connectivity index (χ1n) is 8.68. The van der Waals surface area contributed by atoms with Gasteiger partial charge in [-0.3, -0.25) is 4.79 Å². The molecule has 1 atom stereocenters. The molecule has 0 aliphatic heterocycles. The molecule has 0 saturated carbocycles. The van der Waals surface area contributed by atoms with Crippen LogP contribution in [0.2, 0.25) is 0 Å². The van der Waals surface area contributed by atoms with E-state index < -0.39 is 5.97 Å². The number of amides is 1. The number of carboxylic acid groups (broad SMARTS) is 1. The number of carboxylic acids is 1. The van der Waals surface area contributed by atoms with Gasteiger partial charge in [0.1, 0.15) is 11.8 Å². The van der Waals surface area contributed by atoms with Crippen LogP contribution in [-0.2, 0) is 16.0 Å². The van der Waals surface area contributed by atoms with Gasteiger partial charge >= 0.3 is 5.97 Å². The Morgan fingerprint density at radius 3 is 2.46 bits per heavy atom. The molecule has 1 aromatic carbocycles. The predicted molar refractivity (Wildman–Crippen MR) is 97.0 cm³/mol. The van der Waals surface area contributed by atoms with E-state index in [0.29, 0.717) is 37.7 Å². The maximum Gasteiger partial charge on any atom is 0.335 e. The second kappa shape index (κ2) is 9.77. The van der Waals surface area contributed by atoms with Crippen LogP contribution in [-0.4, -0.2) is 30.2 Å². The van der Waals surface area contributed by atoms with E-state index in [0.717, 1.165) is 5.56 Å². The topological polar surface area (TPSA) is 88.8 Å². The lowest BCUT2D eigenvalue weighted by molar-refractivity contribution is -0.122. The number of ether oxygens (including phenoxy) is 1. The van der Waals surface area contributed by atoms with Gasteiger partial charge in [-0.1, -0.05) is 26.0 Å². The summed E-state index contributed by atoms with van der Waals surface area (Å²) in [5, 5.41) is 11.8. The van der Waals surface area contributed by atoms with E-state index in [1.807, 2.05) is 6.07 Å². The Hall–Kier alpha value is -2.60. The minimum atomic E-state index is -0.961. The molecule has 0 spiro atoms. The van der Waals surface area contributed by atoms with E-state index in [2.05, 4.69) is 19.2 Å². The fourth-order valence-corrected chi connectivity index (χ4v) is 2.44. The van der Waals surface area contributed by atoms with Gasteiger partial charge in [-0.25, -0.2) is 4.79 Å². The van der Waals surface area contributed by atoms with Gasteiger partial charge in [0.25, 0.3) is 0 Å². The van der Waals surface area contributed by atoms with Crippen LogP contribution in [0.15, 0.2) is 47.1 Å². The zero-order valence-corrected chi connectivity index (χ0v) is 15.1. The SMILES string of the molecule is CC(C)COCC(NC(=O)CCc1ccc(C(=O)O)cc1)c1ccco1. The average Bonchev–Trinajstić information content (AvgIpc) is 3.13. The zero-order chi connectivity index (χ0) is 18.9. The van der Waals surface area contributed by atoms with Crippen LogP contribution in [0, 0.1) is 5.92 Å². The summed E-state index contributed by atoms with van der Waals surface area (Å²) in [5.74, 6) is 0.00322. The van der Waals surface area contributed by atoms with Crippen molar-refractivity contribution in [2.45, 2.75) is 32.7 Å². The summed E-state index contributed by atoms with van der Waals surface area (Å²) >= 11 is 0. The lowest BCUT2D eigenvalue weighted by atomic mass is 10.1. The minimum absolute atomic E-state index is 0.109. The van der Waals surface area contributed by atoms with E-state index in [-0.39, 0.29) is 17.5 Å². The maximum absolute atomic E-state index is 12.3. The Kier molecular flexibility index (Phi) is 7.41. The van der Waals surface area contributed by atoms with Crippen LogP contribution < -0.4 is 5.32 Å². The predicted octanol–water partition coefficient (Wildman–Crippen LogP) is 3.44. The minimum Gasteiger partial charge on any atom is -0.478 e. The fourth-order valence-electron chi connectivity index (χ4n) is 2.44. The van der Waals surface area contributed by atoms with E-state index in [1.165, 1.54) is 0 Å². The highest BCUT2D eigenvalue weighted by atomic mass is 16.5. The Morgan fingerprint density at radius 2 is 1.88 bits per heavy atom. The van der Waals surface area contributed by atoms with E-state index >= 15 is 0 Å². The number of carbonyl (C=O) groups excluding carboxylic acids is 1.